The predicted octanol–water partition coefficient (Wildman–Crippen LogP) is 2.47. The maximum atomic E-state index is 12.5. The highest BCUT2D eigenvalue weighted by Crippen LogP contribution is 2.14. The molecule has 20 heavy (non-hydrogen) atoms. The van der Waals surface area contributed by atoms with E-state index in [0.717, 1.165) is 5.75 Å². The third kappa shape index (κ3) is 5.17. The zero-order chi connectivity index (χ0) is 15.1. The summed E-state index contributed by atoms with van der Waals surface area (Å²) in [6, 6.07) is 7.12. The fourth-order valence-electron chi connectivity index (χ4n) is 1.88. The summed E-state index contributed by atoms with van der Waals surface area (Å²) in [6.45, 7) is 5.40. The van der Waals surface area contributed by atoms with E-state index in [9.17, 15) is 4.79 Å². The number of amides is 1. The average molecular weight is 294 g/mol. The van der Waals surface area contributed by atoms with Gasteiger partial charge < -0.3 is 15.4 Å². The second-order valence-electron chi connectivity index (χ2n) is 5.09. The molecule has 0 unspecified atom stereocenters. The summed E-state index contributed by atoms with van der Waals surface area (Å²) in [5, 5.41) is 0. The number of nitrogens with zero attached hydrogens (tertiary/aromatic N) is 1. The van der Waals surface area contributed by atoms with Crippen LogP contribution in [-0.4, -0.2) is 36.0 Å². The molecule has 0 aliphatic heterocycles. The Kier molecular flexibility index (Phi) is 6.45. The van der Waals surface area contributed by atoms with Crippen LogP contribution < -0.4 is 10.5 Å². The van der Waals surface area contributed by atoms with Gasteiger partial charge in [0.15, 0.2) is 0 Å². The smallest absolute Gasteiger partial charge is 0.253 e. The van der Waals surface area contributed by atoms with Crippen LogP contribution in [0.4, 0.5) is 0 Å². The first kappa shape index (κ1) is 16.4. The Bertz CT molecular complexity index is 457. The van der Waals surface area contributed by atoms with E-state index in [0.29, 0.717) is 36.0 Å². The Balaban J connectivity index is 2.81. The summed E-state index contributed by atoms with van der Waals surface area (Å²) < 4.78 is 5.09. The van der Waals surface area contributed by atoms with Crippen molar-refractivity contribution in [3.8, 4) is 5.75 Å². The molecule has 1 rings (SSSR count). The molecule has 5 heteroatoms. The Labute approximate surface area is 125 Å². The predicted molar refractivity (Wildman–Crippen MR) is 85.1 cm³/mol. The van der Waals surface area contributed by atoms with Gasteiger partial charge in [0.05, 0.1) is 12.1 Å². The Morgan fingerprint density at radius 3 is 2.40 bits per heavy atom. The molecular formula is C15H22N2O2S. The summed E-state index contributed by atoms with van der Waals surface area (Å²) in [6.07, 6.45) is 0.546. The van der Waals surface area contributed by atoms with Gasteiger partial charge in [-0.3, -0.25) is 4.79 Å². The molecule has 0 fully saturated rings. The fourth-order valence-corrected chi connectivity index (χ4v) is 1.97. The Morgan fingerprint density at radius 1 is 1.35 bits per heavy atom. The summed E-state index contributed by atoms with van der Waals surface area (Å²) in [4.78, 5) is 14.7. The molecular weight excluding hydrogens is 272 g/mol. The summed E-state index contributed by atoms with van der Waals surface area (Å²) in [7, 11) is 1.60. The third-order valence-corrected chi connectivity index (χ3v) is 3.04. The van der Waals surface area contributed by atoms with Crippen LogP contribution in [0.3, 0.4) is 0 Å². The van der Waals surface area contributed by atoms with E-state index >= 15 is 0 Å². The number of hydrogen-bond acceptors (Lipinski definition) is 3. The van der Waals surface area contributed by atoms with Crippen molar-refractivity contribution >= 4 is 23.1 Å². The average Bonchev–Trinajstić information content (AvgIpc) is 2.42. The number of rotatable bonds is 7. The first-order valence-corrected chi connectivity index (χ1v) is 7.06. The molecule has 0 heterocycles. The van der Waals surface area contributed by atoms with Crippen molar-refractivity contribution in [1.29, 1.82) is 0 Å². The summed E-state index contributed by atoms with van der Waals surface area (Å²) >= 11 is 4.89. The lowest BCUT2D eigenvalue weighted by molar-refractivity contribution is 0.0741. The number of carbonyl (C=O) groups excluding carboxylic acids is 1. The lowest BCUT2D eigenvalue weighted by Gasteiger charge is -2.24. The summed E-state index contributed by atoms with van der Waals surface area (Å²) in [5.41, 5.74) is 6.17. The van der Waals surface area contributed by atoms with Crippen LogP contribution >= 0.6 is 12.2 Å². The molecule has 2 N–H and O–H groups in total. The number of ether oxygens (including phenoxy) is 1. The maximum Gasteiger partial charge on any atom is 0.253 e. The van der Waals surface area contributed by atoms with E-state index in [4.69, 9.17) is 22.7 Å². The van der Waals surface area contributed by atoms with Crippen molar-refractivity contribution in [2.45, 2.75) is 20.3 Å². The fraction of sp³-hybridized carbons (Fsp3) is 0.467. The van der Waals surface area contributed by atoms with Gasteiger partial charge >= 0.3 is 0 Å². The minimum atomic E-state index is -0.00222. The van der Waals surface area contributed by atoms with Crippen LogP contribution in [0.2, 0.25) is 0 Å². The molecule has 1 aromatic carbocycles. The topological polar surface area (TPSA) is 55.6 Å². The molecule has 0 aliphatic carbocycles. The van der Waals surface area contributed by atoms with Gasteiger partial charge in [0.25, 0.3) is 5.91 Å². The largest absolute Gasteiger partial charge is 0.497 e. The molecule has 0 saturated carbocycles. The Hall–Kier alpha value is -1.62. The van der Waals surface area contributed by atoms with Gasteiger partial charge in [-0.15, -0.1) is 0 Å². The zero-order valence-electron chi connectivity index (χ0n) is 12.3. The number of nitrogens with two attached hydrogens (primary N) is 1. The van der Waals surface area contributed by atoms with Gasteiger partial charge in [-0.2, -0.15) is 0 Å². The molecule has 1 aromatic rings. The second-order valence-corrected chi connectivity index (χ2v) is 5.61. The minimum Gasteiger partial charge on any atom is -0.497 e. The zero-order valence-corrected chi connectivity index (χ0v) is 13.1. The van der Waals surface area contributed by atoms with Crippen molar-refractivity contribution in [2.24, 2.45) is 11.7 Å². The van der Waals surface area contributed by atoms with E-state index in [-0.39, 0.29) is 5.91 Å². The van der Waals surface area contributed by atoms with E-state index in [1.54, 1.807) is 36.3 Å². The number of hydrogen-bond donors (Lipinski definition) is 1. The van der Waals surface area contributed by atoms with Crippen molar-refractivity contribution in [2.75, 3.05) is 20.2 Å². The van der Waals surface area contributed by atoms with E-state index in [1.165, 1.54) is 0 Å². The first-order chi connectivity index (χ1) is 9.43. The quantitative estimate of drug-likeness (QED) is 0.785. The lowest BCUT2D eigenvalue weighted by atomic mass is 10.1. The maximum absolute atomic E-state index is 12.5. The van der Waals surface area contributed by atoms with Crippen molar-refractivity contribution in [3.05, 3.63) is 29.8 Å². The van der Waals surface area contributed by atoms with Gasteiger partial charge in [-0.25, -0.2) is 0 Å². The second kappa shape index (κ2) is 7.85. The van der Waals surface area contributed by atoms with Gasteiger partial charge in [0.2, 0.25) is 0 Å². The highest BCUT2D eigenvalue weighted by molar-refractivity contribution is 7.80. The number of thiocarbonyl (C=S) groups is 1. The molecule has 110 valence electrons. The van der Waals surface area contributed by atoms with Crippen LogP contribution in [0.25, 0.3) is 0 Å². The molecule has 0 saturated heterocycles. The summed E-state index contributed by atoms with van der Waals surface area (Å²) in [5.74, 6) is 1.13. The molecule has 0 radical (unpaired) electrons. The molecule has 0 aromatic heterocycles. The van der Waals surface area contributed by atoms with Crippen molar-refractivity contribution in [1.82, 2.24) is 4.90 Å². The number of benzene rings is 1. The van der Waals surface area contributed by atoms with Gasteiger partial charge in [0, 0.05) is 25.1 Å². The third-order valence-electron chi connectivity index (χ3n) is 2.84. The normalized spacial score (nSPS) is 10.4. The number of methoxy groups -OCH3 is 1. The first-order valence-electron chi connectivity index (χ1n) is 6.65. The molecule has 0 aliphatic rings. The molecule has 0 atom stereocenters. The van der Waals surface area contributed by atoms with Gasteiger partial charge in [-0.05, 0) is 30.2 Å². The van der Waals surface area contributed by atoms with Crippen LogP contribution in [0.1, 0.15) is 30.6 Å². The van der Waals surface area contributed by atoms with Gasteiger partial charge in [0.1, 0.15) is 5.75 Å². The van der Waals surface area contributed by atoms with Crippen LogP contribution in [0.5, 0.6) is 5.75 Å². The van der Waals surface area contributed by atoms with Crippen molar-refractivity contribution in [3.63, 3.8) is 0 Å². The molecule has 0 bridgehead atoms. The number of carbonyl (C=O) groups is 1. The SMILES string of the molecule is COc1ccc(C(=O)N(CCC(N)=S)CC(C)C)cc1. The highest BCUT2D eigenvalue weighted by atomic mass is 32.1. The van der Waals surface area contributed by atoms with Crippen molar-refractivity contribution < 1.29 is 9.53 Å². The standard InChI is InChI=1S/C15H22N2O2S/c1-11(2)10-17(9-8-14(16)20)15(18)12-4-6-13(19-3)7-5-12/h4-7,11H,8-10H2,1-3H3,(H2,16,20). The van der Waals surface area contributed by atoms with Crippen LogP contribution in [0.15, 0.2) is 24.3 Å². The molecule has 1 amide bonds. The monoisotopic (exact) mass is 294 g/mol. The van der Waals surface area contributed by atoms with E-state index < -0.39 is 0 Å². The molecule has 0 spiro atoms. The Morgan fingerprint density at radius 2 is 1.95 bits per heavy atom. The lowest BCUT2D eigenvalue weighted by Crippen LogP contribution is -2.36. The van der Waals surface area contributed by atoms with E-state index in [2.05, 4.69) is 13.8 Å². The minimum absolute atomic E-state index is 0.00222. The highest BCUT2D eigenvalue weighted by Gasteiger charge is 2.17. The van der Waals surface area contributed by atoms with Crippen LogP contribution in [0, 0.1) is 5.92 Å². The van der Waals surface area contributed by atoms with Gasteiger partial charge in [-0.1, -0.05) is 26.1 Å². The van der Waals surface area contributed by atoms with E-state index in [1.807, 2.05) is 0 Å². The van der Waals surface area contributed by atoms with Crippen LogP contribution in [-0.2, 0) is 0 Å². The molecule has 4 nitrogen and oxygen atoms in total.